The van der Waals surface area contributed by atoms with E-state index in [1.807, 2.05) is 37.3 Å². The number of hydrogen-bond acceptors (Lipinski definition) is 3. The van der Waals surface area contributed by atoms with Crippen molar-refractivity contribution in [3.05, 3.63) is 52.6 Å². The summed E-state index contributed by atoms with van der Waals surface area (Å²) < 4.78 is 11.4. The van der Waals surface area contributed by atoms with Crippen LogP contribution >= 0.6 is 0 Å². The lowest BCUT2D eigenvalue weighted by Crippen LogP contribution is -2.14. The van der Waals surface area contributed by atoms with Crippen molar-refractivity contribution in [3.63, 3.8) is 0 Å². The lowest BCUT2D eigenvalue weighted by Gasteiger charge is -2.14. The Balaban J connectivity index is 1.71. The Morgan fingerprint density at radius 3 is 2.68 bits per heavy atom. The van der Waals surface area contributed by atoms with Crippen molar-refractivity contribution in [1.82, 2.24) is 0 Å². The molecule has 2 aliphatic heterocycles. The number of hydrogen-bond donors (Lipinski definition) is 1. The third-order valence-corrected chi connectivity index (χ3v) is 4.20. The molecule has 2 aromatic carbocycles. The molecule has 0 spiro atoms. The minimum absolute atomic E-state index is 0.113. The minimum atomic E-state index is -0.113. The van der Waals surface area contributed by atoms with E-state index in [9.17, 15) is 4.79 Å². The van der Waals surface area contributed by atoms with Gasteiger partial charge in [-0.25, -0.2) is 0 Å². The van der Waals surface area contributed by atoms with Crippen molar-refractivity contribution in [2.24, 2.45) is 0 Å². The topological polar surface area (TPSA) is 47.6 Å². The highest BCUT2D eigenvalue weighted by Gasteiger charge is 2.27. The van der Waals surface area contributed by atoms with Crippen LogP contribution in [0.3, 0.4) is 0 Å². The first-order valence-electron chi connectivity index (χ1n) is 7.55. The van der Waals surface area contributed by atoms with Crippen molar-refractivity contribution in [2.45, 2.75) is 19.8 Å². The zero-order chi connectivity index (χ0) is 15.1. The first-order chi connectivity index (χ1) is 10.7. The van der Waals surface area contributed by atoms with Gasteiger partial charge in [-0.15, -0.1) is 0 Å². The summed E-state index contributed by atoms with van der Waals surface area (Å²) in [4.78, 5) is 12.5. The summed E-state index contributed by atoms with van der Waals surface area (Å²) in [6.45, 7) is 3.32. The molecule has 22 heavy (non-hydrogen) atoms. The molecule has 0 aliphatic carbocycles. The van der Waals surface area contributed by atoms with Crippen LogP contribution in [-0.2, 0) is 12.8 Å². The molecule has 1 amide bonds. The second-order valence-corrected chi connectivity index (χ2v) is 5.73. The average molecular weight is 295 g/mol. The van der Waals surface area contributed by atoms with E-state index in [1.54, 1.807) is 0 Å². The fourth-order valence-electron chi connectivity index (χ4n) is 3.01. The number of anilines is 1. The molecule has 0 fully saturated rings. The standard InChI is InChI=1S/C18H17NO3/c1-11-2-4-12(5-3-11)18(20)19-16-14-7-9-21-15(14)10-13-6-8-22-17(13)16/h2-5,10H,6-9H2,1H3,(H,19,20). The van der Waals surface area contributed by atoms with E-state index in [-0.39, 0.29) is 5.91 Å². The summed E-state index contributed by atoms with van der Waals surface area (Å²) in [5, 5.41) is 3.03. The van der Waals surface area contributed by atoms with Crippen LogP contribution in [0.15, 0.2) is 30.3 Å². The molecule has 0 radical (unpaired) electrons. The van der Waals surface area contributed by atoms with Gasteiger partial charge >= 0.3 is 0 Å². The summed E-state index contributed by atoms with van der Waals surface area (Å²) in [5.41, 5.74) is 4.72. The highest BCUT2D eigenvalue weighted by atomic mass is 16.5. The molecular weight excluding hydrogens is 278 g/mol. The van der Waals surface area contributed by atoms with E-state index < -0.39 is 0 Å². The molecule has 4 rings (SSSR count). The Morgan fingerprint density at radius 1 is 1.09 bits per heavy atom. The van der Waals surface area contributed by atoms with Crippen molar-refractivity contribution in [3.8, 4) is 11.5 Å². The van der Waals surface area contributed by atoms with Gasteiger partial charge in [0.2, 0.25) is 0 Å². The lowest BCUT2D eigenvalue weighted by molar-refractivity contribution is 0.102. The third-order valence-electron chi connectivity index (χ3n) is 4.20. The van der Waals surface area contributed by atoms with Crippen LogP contribution in [0.5, 0.6) is 11.5 Å². The van der Waals surface area contributed by atoms with Crippen LogP contribution in [0.25, 0.3) is 0 Å². The maximum Gasteiger partial charge on any atom is 0.255 e. The van der Waals surface area contributed by atoms with Crippen LogP contribution in [0.4, 0.5) is 5.69 Å². The van der Waals surface area contributed by atoms with Gasteiger partial charge in [-0.05, 0) is 25.1 Å². The van der Waals surface area contributed by atoms with Crippen LogP contribution in [-0.4, -0.2) is 19.1 Å². The first kappa shape index (κ1) is 13.2. The number of aryl methyl sites for hydroxylation is 1. The van der Waals surface area contributed by atoms with Gasteiger partial charge in [0.25, 0.3) is 5.91 Å². The summed E-state index contributed by atoms with van der Waals surface area (Å²) in [6.07, 6.45) is 1.66. The fourth-order valence-corrected chi connectivity index (χ4v) is 3.01. The second kappa shape index (κ2) is 5.05. The smallest absolute Gasteiger partial charge is 0.255 e. The molecule has 2 aromatic rings. The van der Waals surface area contributed by atoms with E-state index in [4.69, 9.17) is 9.47 Å². The maximum absolute atomic E-state index is 12.5. The molecule has 0 unspecified atom stereocenters. The number of fused-ring (bicyclic) bond motifs is 2. The monoisotopic (exact) mass is 295 g/mol. The van der Waals surface area contributed by atoms with Gasteiger partial charge in [0, 0.05) is 29.5 Å². The highest BCUT2D eigenvalue weighted by Crippen LogP contribution is 2.44. The summed E-state index contributed by atoms with van der Waals surface area (Å²) in [7, 11) is 0. The molecule has 4 heteroatoms. The summed E-state index contributed by atoms with van der Waals surface area (Å²) in [6, 6.07) is 9.60. The quantitative estimate of drug-likeness (QED) is 0.926. The van der Waals surface area contributed by atoms with Gasteiger partial charge in [0.15, 0.2) is 0 Å². The SMILES string of the molecule is Cc1ccc(C(=O)Nc2c3c(cc4c2OCC4)OCC3)cc1. The van der Waals surface area contributed by atoms with Crippen LogP contribution in [0, 0.1) is 6.92 Å². The molecule has 112 valence electrons. The molecular formula is C18H17NO3. The molecule has 0 aromatic heterocycles. The Bertz CT molecular complexity index is 718. The largest absolute Gasteiger partial charge is 0.493 e. The Morgan fingerprint density at radius 2 is 1.86 bits per heavy atom. The molecule has 0 saturated carbocycles. The van der Waals surface area contributed by atoms with E-state index in [2.05, 4.69) is 5.32 Å². The predicted molar refractivity (Wildman–Crippen MR) is 84.0 cm³/mol. The third kappa shape index (κ3) is 2.11. The van der Waals surface area contributed by atoms with Gasteiger partial charge in [-0.3, -0.25) is 4.79 Å². The molecule has 2 aliphatic rings. The zero-order valence-corrected chi connectivity index (χ0v) is 12.4. The van der Waals surface area contributed by atoms with Crippen molar-refractivity contribution in [1.29, 1.82) is 0 Å². The van der Waals surface area contributed by atoms with Crippen LogP contribution in [0.2, 0.25) is 0 Å². The first-order valence-corrected chi connectivity index (χ1v) is 7.55. The van der Waals surface area contributed by atoms with E-state index in [0.29, 0.717) is 18.8 Å². The Labute approximate surface area is 129 Å². The zero-order valence-electron chi connectivity index (χ0n) is 12.4. The van der Waals surface area contributed by atoms with Gasteiger partial charge in [-0.1, -0.05) is 17.7 Å². The molecule has 1 N–H and O–H groups in total. The van der Waals surface area contributed by atoms with Gasteiger partial charge in [0.05, 0.1) is 18.9 Å². The number of ether oxygens (including phenoxy) is 2. The van der Waals surface area contributed by atoms with Gasteiger partial charge < -0.3 is 14.8 Å². The second-order valence-electron chi connectivity index (χ2n) is 5.73. The number of carbonyl (C=O) groups is 1. The normalized spacial score (nSPS) is 14.8. The van der Waals surface area contributed by atoms with Crippen LogP contribution in [0.1, 0.15) is 27.0 Å². The van der Waals surface area contributed by atoms with Crippen molar-refractivity contribution < 1.29 is 14.3 Å². The van der Waals surface area contributed by atoms with Crippen molar-refractivity contribution in [2.75, 3.05) is 18.5 Å². The Hall–Kier alpha value is -2.49. The highest BCUT2D eigenvalue weighted by molar-refractivity contribution is 6.06. The molecule has 0 bridgehead atoms. The summed E-state index contributed by atoms with van der Waals surface area (Å²) in [5.74, 6) is 1.58. The molecule has 2 heterocycles. The number of amides is 1. The average Bonchev–Trinajstić information content (AvgIpc) is 3.16. The van der Waals surface area contributed by atoms with E-state index in [0.717, 1.165) is 46.7 Å². The number of carbonyl (C=O) groups excluding carboxylic acids is 1. The van der Waals surface area contributed by atoms with Gasteiger partial charge in [-0.2, -0.15) is 0 Å². The maximum atomic E-state index is 12.5. The molecule has 4 nitrogen and oxygen atoms in total. The lowest BCUT2D eigenvalue weighted by atomic mass is 10.0. The predicted octanol–water partition coefficient (Wildman–Crippen LogP) is 3.12. The van der Waals surface area contributed by atoms with E-state index >= 15 is 0 Å². The fraction of sp³-hybridized carbons (Fsp3) is 0.278. The summed E-state index contributed by atoms with van der Waals surface area (Å²) >= 11 is 0. The number of nitrogens with one attached hydrogen (secondary N) is 1. The number of rotatable bonds is 2. The molecule has 0 saturated heterocycles. The van der Waals surface area contributed by atoms with Crippen LogP contribution < -0.4 is 14.8 Å². The van der Waals surface area contributed by atoms with E-state index in [1.165, 1.54) is 0 Å². The molecule has 0 atom stereocenters. The minimum Gasteiger partial charge on any atom is -0.493 e. The number of benzene rings is 2. The van der Waals surface area contributed by atoms with Gasteiger partial charge in [0.1, 0.15) is 11.5 Å². The van der Waals surface area contributed by atoms with Crippen molar-refractivity contribution >= 4 is 11.6 Å². The Kier molecular flexibility index (Phi) is 3.03.